The highest BCUT2D eigenvalue weighted by Crippen LogP contribution is 2.28. The number of rotatable bonds is 6. The highest BCUT2D eigenvalue weighted by atomic mass is 16.5. The monoisotopic (exact) mass is 367 g/mol. The number of hydrogen-bond acceptors (Lipinski definition) is 4. The van der Waals surface area contributed by atoms with E-state index in [0.717, 1.165) is 35.2 Å². The van der Waals surface area contributed by atoms with Crippen LogP contribution >= 0.6 is 0 Å². The third kappa shape index (κ3) is 4.08. The minimum atomic E-state index is 0.0382. The molecule has 1 aromatic heterocycles. The molecule has 0 saturated carbocycles. The molecule has 2 aromatic rings. The van der Waals surface area contributed by atoms with Crippen LogP contribution in [-0.4, -0.2) is 54.1 Å². The minimum Gasteiger partial charge on any atom is -0.497 e. The highest BCUT2D eigenvalue weighted by Gasteiger charge is 2.20. The van der Waals surface area contributed by atoms with Crippen LogP contribution in [0.4, 0.5) is 0 Å². The van der Waals surface area contributed by atoms with Gasteiger partial charge in [-0.1, -0.05) is 6.08 Å². The number of allylic oxidation sites excluding steroid dienone is 2. The van der Waals surface area contributed by atoms with Gasteiger partial charge in [0.25, 0.3) is 5.91 Å². The lowest BCUT2D eigenvalue weighted by Gasteiger charge is -2.24. The summed E-state index contributed by atoms with van der Waals surface area (Å²) in [5.74, 6) is 0.848. The highest BCUT2D eigenvalue weighted by molar-refractivity contribution is 6.03. The number of ether oxygens (including phenoxy) is 1. The van der Waals surface area contributed by atoms with E-state index >= 15 is 0 Å². The molecule has 0 amide bonds. The van der Waals surface area contributed by atoms with Crippen LogP contribution in [0.2, 0.25) is 0 Å². The maximum Gasteiger partial charge on any atom is 0.260 e. The van der Waals surface area contributed by atoms with Crippen LogP contribution in [0.1, 0.15) is 30.6 Å². The molecular weight excluding hydrogens is 338 g/mol. The Morgan fingerprint density at radius 2 is 2.07 bits per heavy atom. The summed E-state index contributed by atoms with van der Waals surface area (Å²) in [6.45, 7) is 5.16. The third-order valence-corrected chi connectivity index (χ3v) is 4.93. The molecule has 0 aliphatic carbocycles. The maximum absolute atomic E-state index is 13.3. The topological polar surface area (TPSA) is 37.7 Å². The average Bonchev–Trinajstić information content (AvgIpc) is 3.03. The van der Waals surface area contributed by atoms with Gasteiger partial charge in [-0.15, -0.1) is 0 Å². The molecule has 0 N–H and O–H groups in total. The number of fused-ring (bicyclic) bond motifs is 1. The first kappa shape index (κ1) is 19.2. The predicted octanol–water partition coefficient (Wildman–Crippen LogP) is 3.91. The van der Waals surface area contributed by atoms with Gasteiger partial charge in [0.05, 0.1) is 12.6 Å². The zero-order valence-corrected chi connectivity index (χ0v) is 16.9. The van der Waals surface area contributed by atoms with Gasteiger partial charge in [-0.2, -0.15) is 0 Å². The Kier molecular flexibility index (Phi) is 5.71. The fourth-order valence-electron chi connectivity index (χ4n) is 3.31. The van der Waals surface area contributed by atoms with Crippen LogP contribution < -0.4 is 4.74 Å². The van der Waals surface area contributed by atoms with Gasteiger partial charge in [-0.25, -0.2) is 0 Å². The average molecular weight is 367 g/mol. The fourth-order valence-corrected chi connectivity index (χ4v) is 3.31. The van der Waals surface area contributed by atoms with E-state index < -0.39 is 0 Å². The van der Waals surface area contributed by atoms with Crippen molar-refractivity contribution in [1.29, 1.82) is 0 Å². The molecular formula is C22H29N3O2. The SMILES string of the molecule is COc1ccc2c(c1)c(CCN(C)C)cn2C(=O)C1=CN(C(C)C)C=CC1. The zero-order valence-electron chi connectivity index (χ0n) is 16.9. The van der Waals surface area contributed by atoms with Crippen molar-refractivity contribution in [2.75, 3.05) is 27.7 Å². The summed E-state index contributed by atoms with van der Waals surface area (Å²) in [6, 6.07) is 6.24. The molecule has 0 unspecified atom stereocenters. The van der Waals surface area contributed by atoms with Crippen molar-refractivity contribution in [1.82, 2.24) is 14.4 Å². The number of likely N-dealkylation sites (N-methyl/N-ethyl adjacent to an activating group) is 1. The van der Waals surface area contributed by atoms with Crippen molar-refractivity contribution in [3.05, 3.63) is 54.0 Å². The molecule has 5 nitrogen and oxygen atoms in total. The number of carbonyl (C=O) groups excluding carboxylic acids is 1. The predicted molar refractivity (Wildman–Crippen MR) is 110 cm³/mol. The molecule has 27 heavy (non-hydrogen) atoms. The lowest BCUT2D eigenvalue weighted by Crippen LogP contribution is -2.24. The van der Waals surface area contributed by atoms with Gasteiger partial charge in [0, 0.05) is 42.1 Å². The fraction of sp³-hybridized carbons (Fsp3) is 0.409. The van der Waals surface area contributed by atoms with Crippen molar-refractivity contribution >= 4 is 16.8 Å². The Bertz CT molecular complexity index is 890. The van der Waals surface area contributed by atoms with Gasteiger partial charge < -0.3 is 14.5 Å². The van der Waals surface area contributed by atoms with Crippen molar-refractivity contribution in [2.45, 2.75) is 32.7 Å². The second-order valence-electron chi connectivity index (χ2n) is 7.55. The van der Waals surface area contributed by atoms with Gasteiger partial charge in [0.1, 0.15) is 5.75 Å². The van der Waals surface area contributed by atoms with Gasteiger partial charge in [-0.05, 0) is 64.5 Å². The normalized spacial score (nSPS) is 14.3. The van der Waals surface area contributed by atoms with Crippen LogP contribution in [-0.2, 0) is 6.42 Å². The summed E-state index contributed by atoms with van der Waals surface area (Å²) >= 11 is 0. The number of nitrogens with zero attached hydrogens (tertiary/aromatic N) is 3. The van der Waals surface area contributed by atoms with E-state index in [2.05, 4.69) is 43.8 Å². The lowest BCUT2D eigenvalue weighted by atomic mass is 10.1. The molecule has 2 heterocycles. The smallest absolute Gasteiger partial charge is 0.260 e. The van der Waals surface area contributed by atoms with Gasteiger partial charge in [-0.3, -0.25) is 9.36 Å². The summed E-state index contributed by atoms with van der Waals surface area (Å²) < 4.78 is 7.19. The lowest BCUT2D eigenvalue weighted by molar-refractivity contribution is 0.0954. The zero-order chi connectivity index (χ0) is 19.6. The van der Waals surface area contributed by atoms with Crippen LogP contribution in [0.25, 0.3) is 10.9 Å². The van der Waals surface area contributed by atoms with E-state index in [9.17, 15) is 4.79 Å². The quantitative estimate of drug-likeness (QED) is 0.776. The summed E-state index contributed by atoms with van der Waals surface area (Å²) in [5.41, 5.74) is 2.90. The van der Waals surface area contributed by atoms with E-state index in [1.165, 1.54) is 5.56 Å². The molecule has 1 aliphatic rings. The van der Waals surface area contributed by atoms with E-state index in [1.807, 2.05) is 36.8 Å². The van der Waals surface area contributed by atoms with Crippen molar-refractivity contribution in [3.63, 3.8) is 0 Å². The Morgan fingerprint density at radius 3 is 2.74 bits per heavy atom. The molecule has 1 aliphatic heterocycles. The molecule has 1 aromatic carbocycles. The number of carbonyl (C=O) groups is 1. The molecule has 5 heteroatoms. The second kappa shape index (κ2) is 8.01. The Hall–Kier alpha value is -2.53. The van der Waals surface area contributed by atoms with Gasteiger partial charge in [0.15, 0.2) is 0 Å². The largest absolute Gasteiger partial charge is 0.497 e. The Morgan fingerprint density at radius 1 is 1.30 bits per heavy atom. The first-order valence-electron chi connectivity index (χ1n) is 9.43. The molecule has 0 spiro atoms. The number of hydrogen-bond donors (Lipinski definition) is 0. The number of benzene rings is 1. The van der Waals surface area contributed by atoms with Crippen LogP contribution in [0.5, 0.6) is 5.75 Å². The first-order chi connectivity index (χ1) is 12.9. The number of methoxy groups -OCH3 is 1. The van der Waals surface area contributed by atoms with Crippen LogP contribution in [0, 0.1) is 0 Å². The Labute approximate surface area is 161 Å². The summed E-state index contributed by atoms with van der Waals surface area (Å²) in [7, 11) is 5.79. The molecule has 0 saturated heterocycles. The van der Waals surface area contributed by atoms with Crippen molar-refractivity contribution in [3.8, 4) is 5.75 Å². The van der Waals surface area contributed by atoms with E-state index in [1.54, 1.807) is 11.7 Å². The summed E-state index contributed by atoms with van der Waals surface area (Å²) in [4.78, 5) is 17.5. The van der Waals surface area contributed by atoms with E-state index in [0.29, 0.717) is 12.5 Å². The number of aromatic nitrogens is 1. The maximum atomic E-state index is 13.3. The molecule has 0 bridgehead atoms. The minimum absolute atomic E-state index is 0.0382. The summed E-state index contributed by atoms with van der Waals surface area (Å²) in [5, 5.41) is 1.08. The van der Waals surface area contributed by atoms with Crippen LogP contribution in [0.3, 0.4) is 0 Å². The van der Waals surface area contributed by atoms with E-state index in [-0.39, 0.29) is 5.91 Å². The van der Waals surface area contributed by atoms with Gasteiger partial charge >= 0.3 is 0 Å². The van der Waals surface area contributed by atoms with Crippen molar-refractivity contribution in [2.24, 2.45) is 0 Å². The van der Waals surface area contributed by atoms with E-state index in [4.69, 9.17) is 4.74 Å². The second-order valence-corrected chi connectivity index (χ2v) is 7.55. The molecule has 3 rings (SSSR count). The first-order valence-corrected chi connectivity index (χ1v) is 9.43. The Balaban J connectivity index is 2.02. The standard InChI is InChI=1S/C22H29N3O2/c1-16(2)24-11-6-7-18(14-24)22(26)25-15-17(10-12-23(3)4)20-13-19(27-5)8-9-21(20)25/h6,8-9,11,13-16H,7,10,12H2,1-5H3. The molecule has 0 radical (unpaired) electrons. The van der Waals surface area contributed by atoms with Gasteiger partial charge in [0.2, 0.25) is 0 Å². The van der Waals surface area contributed by atoms with Crippen LogP contribution in [0.15, 0.2) is 48.4 Å². The summed E-state index contributed by atoms with van der Waals surface area (Å²) in [6.07, 6.45) is 9.60. The molecule has 0 fully saturated rings. The molecule has 0 atom stereocenters. The van der Waals surface area contributed by atoms with Crippen molar-refractivity contribution < 1.29 is 9.53 Å². The third-order valence-electron chi connectivity index (χ3n) is 4.93. The molecule has 144 valence electrons.